The Morgan fingerprint density at radius 3 is 2.44 bits per heavy atom. The first-order valence-corrected chi connectivity index (χ1v) is 11.5. The van der Waals surface area contributed by atoms with Crippen molar-refractivity contribution in [2.75, 3.05) is 26.8 Å². The van der Waals surface area contributed by atoms with Crippen molar-refractivity contribution in [3.8, 4) is 5.75 Å². The molecule has 1 aromatic heterocycles. The fraction of sp³-hybridized carbons (Fsp3) is 0.400. The molecular formula is C25H26F5N3O3. The van der Waals surface area contributed by atoms with Crippen LogP contribution in [0.25, 0.3) is 10.9 Å². The van der Waals surface area contributed by atoms with E-state index < -0.39 is 23.8 Å². The number of piperidine rings is 1. The van der Waals surface area contributed by atoms with Gasteiger partial charge in [0.2, 0.25) is 0 Å². The highest BCUT2D eigenvalue weighted by Gasteiger charge is 2.34. The Morgan fingerprint density at radius 1 is 1.11 bits per heavy atom. The van der Waals surface area contributed by atoms with Gasteiger partial charge in [0.15, 0.2) is 5.75 Å². The summed E-state index contributed by atoms with van der Waals surface area (Å²) in [4.78, 5) is 14.9. The van der Waals surface area contributed by atoms with Crippen LogP contribution in [0.1, 0.15) is 40.2 Å². The molecule has 11 heteroatoms. The van der Waals surface area contributed by atoms with Crippen molar-refractivity contribution >= 4 is 16.8 Å². The minimum absolute atomic E-state index is 0.0685. The Kier molecular flexibility index (Phi) is 7.51. The molecule has 1 fully saturated rings. The van der Waals surface area contributed by atoms with Crippen LogP contribution in [-0.2, 0) is 17.8 Å². The van der Waals surface area contributed by atoms with E-state index in [0.29, 0.717) is 18.4 Å². The quantitative estimate of drug-likeness (QED) is 0.456. The van der Waals surface area contributed by atoms with Crippen LogP contribution < -0.4 is 10.5 Å². The zero-order chi connectivity index (χ0) is 26.0. The second-order valence-corrected chi connectivity index (χ2v) is 8.67. The molecule has 0 atom stereocenters. The van der Waals surface area contributed by atoms with Gasteiger partial charge in [-0.05, 0) is 48.1 Å². The number of nitrogens with zero attached hydrogens (tertiary/aromatic N) is 2. The molecule has 0 bridgehead atoms. The number of rotatable bonds is 7. The summed E-state index contributed by atoms with van der Waals surface area (Å²) in [7, 11) is 1.42. The van der Waals surface area contributed by atoms with E-state index in [9.17, 15) is 26.7 Å². The molecule has 2 N–H and O–H groups in total. The van der Waals surface area contributed by atoms with Crippen LogP contribution in [-0.4, -0.2) is 48.5 Å². The first-order chi connectivity index (χ1) is 17.1. The molecule has 1 amide bonds. The van der Waals surface area contributed by atoms with Gasteiger partial charge in [0.1, 0.15) is 11.6 Å². The number of carbonyl (C=O) groups excluding carboxylic acids is 1. The predicted molar refractivity (Wildman–Crippen MR) is 123 cm³/mol. The molecular weight excluding hydrogens is 485 g/mol. The maximum atomic E-state index is 14.9. The van der Waals surface area contributed by atoms with Crippen LogP contribution in [0.15, 0.2) is 36.5 Å². The van der Waals surface area contributed by atoms with E-state index in [1.165, 1.54) is 28.8 Å². The molecule has 0 spiro atoms. The normalized spacial score (nSPS) is 15.0. The Labute approximate surface area is 204 Å². The average molecular weight is 511 g/mol. The standard InChI is InChI=1S/C25H26F5N3O3/c1-35-11-10-33-14-18(22-20(27)4-5-21(23(22)33)36-25(28,29)30)24(34)32-8-6-16(7-9-32)17-12-15(13-31)2-3-19(17)26/h2-5,12,14,16H,6-11,13,31H2,1H3. The van der Waals surface area contributed by atoms with Gasteiger partial charge in [-0.1, -0.05) is 12.1 Å². The monoisotopic (exact) mass is 511 g/mol. The molecule has 2 heterocycles. The topological polar surface area (TPSA) is 69.7 Å². The number of ether oxygens (including phenoxy) is 2. The lowest BCUT2D eigenvalue weighted by Gasteiger charge is -2.32. The number of hydrogen-bond donors (Lipinski definition) is 1. The van der Waals surface area contributed by atoms with Gasteiger partial charge in [-0.15, -0.1) is 13.2 Å². The molecule has 1 saturated heterocycles. The summed E-state index contributed by atoms with van der Waals surface area (Å²) in [6.45, 7) is 1.04. The summed E-state index contributed by atoms with van der Waals surface area (Å²) in [6, 6.07) is 6.48. The molecule has 0 saturated carbocycles. The van der Waals surface area contributed by atoms with Crippen LogP contribution in [0.2, 0.25) is 0 Å². The van der Waals surface area contributed by atoms with Gasteiger partial charge >= 0.3 is 6.36 Å². The number of aromatic nitrogens is 1. The van der Waals surface area contributed by atoms with E-state index in [1.807, 2.05) is 0 Å². The number of methoxy groups -OCH3 is 1. The smallest absolute Gasteiger partial charge is 0.404 e. The number of fused-ring (bicyclic) bond motifs is 1. The minimum Gasteiger partial charge on any atom is -0.404 e. The number of likely N-dealkylation sites (tertiary alicyclic amines) is 1. The molecule has 2 aromatic carbocycles. The van der Waals surface area contributed by atoms with Gasteiger partial charge in [-0.2, -0.15) is 0 Å². The lowest BCUT2D eigenvalue weighted by Crippen LogP contribution is -2.38. The third-order valence-electron chi connectivity index (χ3n) is 6.44. The number of benzene rings is 2. The lowest BCUT2D eigenvalue weighted by molar-refractivity contribution is -0.274. The van der Waals surface area contributed by atoms with Gasteiger partial charge in [-0.25, -0.2) is 8.78 Å². The highest BCUT2D eigenvalue weighted by atomic mass is 19.4. The number of alkyl halides is 3. The molecule has 194 valence electrons. The van der Waals surface area contributed by atoms with Gasteiger partial charge < -0.3 is 24.7 Å². The minimum atomic E-state index is -5.00. The number of nitrogens with two attached hydrogens (primary N) is 1. The van der Waals surface area contributed by atoms with E-state index >= 15 is 0 Å². The fourth-order valence-corrected chi connectivity index (χ4v) is 4.71. The van der Waals surface area contributed by atoms with Crippen molar-refractivity contribution in [2.24, 2.45) is 5.73 Å². The summed E-state index contributed by atoms with van der Waals surface area (Å²) in [6.07, 6.45) is -2.72. The van der Waals surface area contributed by atoms with Crippen molar-refractivity contribution in [2.45, 2.75) is 38.2 Å². The maximum Gasteiger partial charge on any atom is 0.573 e. The van der Waals surface area contributed by atoms with Gasteiger partial charge in [0.05, 0.1) is 23.1 Å². The SMILES string of the molecule is COCCn1cc(C(=O)N2CCC(c3cc(CN)ccc3F)CC2)c2c(F)ccc(OC(F)(F)F)c21. The predicted octanol–water partition coefficient (Wildman–Crippen LogP) is 4.94. The molecule has 6 nitrogen and oxygen atoms in total. The summed E-state index contributed by atoms with van der Waals surface area (Å²) >= 11 is 0. The molecule has 0 unspecified atom stereocenters. The zero-order valence-electron chi connectivity index (χ0n) is 19.6. The molecule has 36 heavy (non-hydrogen) atoms. The van der Waals surface area contributed by atoms with Crippen molar-refractivity contribution in [1.29, 1.82) is 0 Å². The Balaban J connectivity index is 1.63. The van der Waals surface area contributed by atoms with Crippen LogP contribution in [0.3, 0.4) is 0 Å². The average Bonchev–Trinajstić information content (AvgIpc) is 3.24. The first kappa shape index (κ1) is 25.9. The second-order valence-electron chi connectivity index (χ2n) is 8.67. The van der Waals surface area contributed by atoms with E-state index in [1.54, 1.807) is 12.1 Å². The van der Waals surface area contributed by atoms with Crippen molar-refractivity contribution in [1.82, 2.24) is 9.47 Å². The third kappa shape index (κ3) is 5.31. The molecule has 4 rings (SSSR count). The maximum absolute atomic E-state index is 14.9. The molecule has 1 aliphatic rings. The van der Waals surface area contributed by atoms with E-state index in [0.717, 1.165) is 17.7 Å². The van der Waals surface area contributed by atoms with Gasteiger partial charge in [-0.3, -0.25) is 4.79 Å². The van der Waals surface area contributed by atoms with Crippen LogP contribution in [0.5, 0.6) is 5.75 Å². The van der Waals surface area contributed by atoms with Crippen LogP contribution >= 0.6 is 0 Å². The second kappa shape index (κ2) is 10.4. The zero-order valence-corrected chi connectivity index (χ0v) is 19.6. The third-order valence-corrected chi connectivity index (χ3v) is 6.44. The molecule has 3 aromatic rings. The van der Waals surface area contributed by atoms with Crippen molar-refractivity contribution in [3.63, 3.8) is 0 Å². The fourth-order valence-electron chi connectivity index (χ4n) is 4.71. The largest absolute Gasteiger partial charge is 0.573 e. The Hall–Kier alpha value is -3.18. The highest BCUT2D eigenvalue weighted by Crippen LogP contribution is 2.37. The summed E-state index contributed by atoms with van der Waals surface area (Å²) in [5.74, 6) is -2.42. The number of halogens is 5. The van der Waals surface area contributed by atoms with E-state index in [-0.39, 0.29) is 61.0 Å². The molecule has 1 aliphatic heterocycles. The summed E-state index contributed by atoms with van der Waals surface area (Å²) in [5, 5.41) is -0.248. The van der Waals surface area contributed by atoms with Gasteiger partial charge in [0.25, 0.3) is 5.91 Å². The highest BCUT2D eigenvalue weighted by molar-refractivity contribution is 6.08. The molecule has 0 radical (unpaired) electrons. The van der Waals surface area contributed by atoms with Gasteiger partial charge in [0, 0.05) is 39.5 Å². The summed E-state index contributed by atoms with van der Waals surface area (Å²) < 4.78 is 78.8. The van der Waals surface area contributed by atoms with Crippen LogP contribution in [0, 0.1) is 11.6 Å². The van der Waals surface area contributed by atoms with E-state index in [2.05, 4.69) is 4.74 Å². The first-order valence-electron chi connectivity index (χ1n) is 11.5. The Bertz CT molecular complexity index is 1250. The lowest BCUT2D eigenvalue weighted by atomic mass is 9.88. The van der Waals surface area contributed by atoms with E-state index in [4.69, 9.17) is 10.5 Å². The number of amides is 1. The Morgan fingerprint density at radius 2 is 1.81 bits per heavy atom. The summed E-state index contributed by atoms with van der Waals surface area (Å²) in [5.41, 5.74) is 6.78. The van der Waals surface area contributed by atoms with Crippen molar-refractivity contribution < 1.29 is 36.2 Å². The molecule has 0 aliphatic carbocycles. The number of hydrogen-bond acceptors (Lipinski definition) is 4. The van der Waals surface area contributed by atoms with Crippen molar-refractivity contribution in [3.05, 3.63) is 64.9 Å². The van der Waals surface area contributed by atoms with Crippen LogP contribution in [0.4, 0.5) is 22.0 Å². The number of carbonyl (C=O) groups is 1.